The molecule has 0 aliphatic heterocycles. The second-order valence-corrected chi connectivity index (χ2v) is 8.11. The Kier molecular flexibility index (Phi) is 4.18. The fourth-order valence-electron chi connectivity index (χ4n) is 1.97. The summed E-state index contributed by atoms with van der Waals surface area (Å²) in [5.41, 5.74) is 2.10. The first-order valence-electron chi connectivity index (χ1n) is 6.96. The lowest BCUT2D eigenvalue weighted by molar-refractivity contribution is 0.597. The van der Waals surface area contributed by atoms with E-state index in [1.165, 1.54) is 11.3 Å². The van der Waals surface area contributed by atoms with Crippen LogP contribution in [0, 0.1) is 6.92 Å². The summed E-state index contributed by atoms with van der Waals surface area (Å²) < 4.78 is 24.4. The lowest BCUT2D eigenvalue weighted by atomic mass is 10.3. The van der Waals surface area contributed by atoms with Crippen molar-refractivity contribution in [2.24, 2.45) is 0 Å². The Balaban J connectivity index is 2.07. The highest BCUT2D eigenvalue weighted by atomic mass is 32.2. The molecule has 0 N–H and O–H groups in total. The standard InChI is InChI=1S/C15H14N4O2S2/c1-3-23(20,21)12-5-4-8-16-13(12)15-19-18-14(22-15)11-7-6-10(2)9-17-11/h4-9H,3H2,1-2H3. The molecule has 0 aliphatic rings. The van der Waals surface area contributed by atoms with Gasteiger partial charge in [0.2, 0.25) is 0 Å². The minimum atomic E-state index is -3.38. The van der Waals surface area contributed by atoms with Crippen molar-refractivity contribution in [1.82, 2.24) is 20.2 Å². The molecule has 3 rings (SSSR count). The van der Waals surface area contributed by atoms with Gasteiger partial charge in [0, 0.05) is 12.4 Å². The van der Waals surface area contributed by atoms with E-state index in [9.17, 15) is 8.42 Å². The van der Waals surface area contributed by atoms with Gasteiger partial charge in [0.25, 0.3) is 0 Å². The van der Waals surface area contributed by atoms with Crippen LogP contribution in [-0.2, 0) is 9.84 Å². The fraction of sp³-hybridized carbons (Fsp3) is 0.200. The molecule has 0 bridgehead atoms. The van der Waals surface area contributed by atoms with Crippen molar-refractivity contribution in [1.29, 1.82) is 0 Å². The summed E-state index contributed by atoms with van der Waals surface area (Å²) in [5, 5.41) is 9.31. The highest BCUT2D eigenvalue weighted by Gasteiger charge is 2.21. The number of hydrogen-bond acceptors (Lipinski definition) is 7. The van der Waals surface area contributed by atoms with Gasteiger partial charge in [0.1, 0.15) is 11.4 Å². The zero-order valence-electron chi connectivity index (χ0n) is 12.6. The average Bonchev–Trinajstić information content (AvgIpc) is 3.05. The summed E-state index contributed by atoms with van der Waals surface area (Å²) in [5.74, 6) is 0.0108. The molecule has 0 saturated carbocycles. The molecular formula is C15H14N4O2S2. The number of sulfone groups is 1. The molecule has 0 aromatic carbocycles. The van der Waals surface area contributed by atoms with Gasteiger partial charge >= 0.3 is 0 Å². The third kappa shape index (κ3) is 3.13. The summed E-state index contributed by atoms with van der Waals surface area (Å²) in [6.07, 6.45) is 3.30. The molecule has 118 valence electrons. The van der Waals surface area contributed by atoms with Gasteiger partial charge in [-0.15, -0.1) is 10.2 Å². The van der Waals surface area contributed by atoms with Crippen molar-refractivity contribution < 1.29 is 8.42 Å². The number of nitrogens with zero attached hydrogens (tertiary/aromatic N) is 4. The van der Waals surface area contributed by atoms with E-state index in [0.717, 1.165) is 5.56 Å². The number of pyridine rings is 2. The van der Waals surface area contributed by atoms with Gasteiger partial charge in [-0.3, -0.25) is 9.97 Å². The maximum Gasteiger partial charge on any atom is 0.180 e. The average molecular weight is 346 g/mol. The molecule has 3 aromatic heterocycles. The van der Waals surface area contributed by atoms with E-state index >= 15 is 0 Å². The predicted octanol–water partition coefficient (Wildman–Crippen LogP) is 2.76. The van der Waals surface area contributed by atoms with Gasteiger partial charge in [-0.05, 0) is 30.7 Å². The van der Waals surface area contributed by atoms with Crippen LogP contribution in [0.25, 0.3) is 21.4 Å². The summed E-state index contributed by atoms with van der Waals surface area (Å²) in [4.78, 5) is 8.69. The lowest BCUT2D eigenvalue weighted by Crippen LogP contribution is -2.06. The van der Waals surface area contributed by atoms with Crippen LogP contribution < -0.4 is 0 Å². The van der Waals surface area contributed by atoms with Crippen LogP contribution in [0.1, 0.15) is 12.5 Å². The zero-order valence-corrected chi connectivity index (χ0v) is 14.2. The minimum absolute atomic E-state index is 0.0108. The van der Waals surface area contributed by atoms with Crippen molar-refractivity contribution in [2.45, 2.75) is 18.7 Å². The topological polar surface area (TPSA) is 85.7 Å². The van der Waals surface area contributed by atoms with Crippen LogP contribution in [0.15, 0.2) is 41.6 Å². The minimum Gasteiger partial charge on any atom is -0.253 e. The van der Waals surface area contributed by atoms with Crippen LogP contribution >= 0.6 is 11.3 Å². The van der Waals surface area contributed by atoms with Crippen molar-refractivity contribution in [3.05, 3.63) is 42.2 Å². The molecule has 23 heavy (non-hydrogen) atoms. The van der Waals surface area contributed by atoms with Gasteiger partial charge in [-0.2, -0.15) is 0 Å². The van der Waals surface area contributed by atoms with Crippen molar-refractivity contribution >= 4 is 21.2 Å². The van der Waals surface area contributed by atoms with E-state index in [1.54, 1.807) is 31.5 Å². The highest BCUT2D eigenvalue weighted by Crippen LogP contribution is 2.31. The van der Waals surface area contributed by atoms with Crippen molar-refractivity contribution in [2.75, 3.05) is 5.75 Å². The van der Waals surface area contributed by atoms with Crippen LogP contribution in [0.2, 0.25) is 0 Å². The molecule has 0 saturated heterocycles. The Labute approximate surface area is 138 Å². The second kappa shape index (κ2) is 6.13. The van der Waals surface area contributed by atoms with E-state index in [2.05, 4.69) is 20.2 Å². The molecule has 0 radical (unpaired) electrons. The summed E-state index contributed by atoms with van der Waals surface area (Å²) in [6, 6.07) is 6.96. The maximum absolute atomic E-state index is 12.2. The summed E-state index contributed by atoms with van der Waals surface area (Å²) in [6.45, 7) is 3.56. The zero-order chi connectivity index (χ0) is 16.4. The van der Waals surface area contributed by atoms with Crippen LogP contribution in [0.3, 0.4) is 0 Å². The number of rotatable bonds is 4. The summed E-state index contributed by atoms with van der Waals surface area (Å²) in [7, 11) is -3.38. The first-order chi connectivity index (χ1) is 11.0. The smallest absolute Gasteiger partial charge is 0.180 e. The fourth-order valence-corrected chi connectivity index (χ4v) is 3.91. The van der Waals surface area contributed by atoms with E-state index in [-0.39, 0.29) is 10.6 Å². The molecule has 0 unspecified atom stereocenters. The molecule has 0 aliphatic carbocycles. The van der Waals surface area contributed by atoms with E-state index < -0.39 is 9.84 Å². The number of aryl methyl sites for hydroxylation is 1. The Morgan fingerprint density at radius 1 is 1.09 bits per heavy atom. The van der Waals surface area contributed by atoms with Crippen molar-refractivity contribution in [3.8, 4) is 21.4 Å². The van der Waals surface area contributed by atoms with Gasteiger partial charge in [0.05, 0.1) is 10.6 Å². The molecule has 0 spiro atoms. The Hall–Kier alpha value is -2.19. The van der Waals surface area contributed by atoms with Gasteiger partial charge in [-0.1, -0.05) is 24.3 Å². The monoisotopic (exact) mass is 346 g/mol. The Morgan fingerprint density at radius 3 is 2.57 bits per heavy atom. The van der Waals surface area contributed by atoms with Gasteiger partial charge in [-0.25, -0.2) is 8.42 Å². The quantitative estimate of drug-likeness (QED) is 0.722. The molecule has 0 amide bonds. The first-order valence-corrected chi connectivity index (χ1v) is 9.43. The molecule has 3 heterocycles. The highest BCUT2D eigenvalue weighted by molar-refractivity contribution is 7.91. The lowest BCUT2D eigenvalue weighted by Gasteiger charge is -2.04. The molecule has 3 aromatic rings. The largest absolute Gasteiger partial charge is 0.253 e. The number of hydrogen-bond donors (Lipinski definition) is 0. The summed E-state index contributed by atoms with van der Waals surface area (Å²) >= 11 is 1.27. The maximum atomic E-state index is 12.2. The Bertz CT molecular complexity index is 934. The van der Waals surface area contributed by atoms with Crippen molar-refractivity contribution in [3.63, 3.8) is 0 Å². The van der Waals surface area contributed by atoms with E-state index in [0.29, 0.717) is 21.4 Å². The van der Waals surface area contributed by atoms with E-state index in [4.69, 9.17) is 0 Å². The SMILES string of the molecule is CCS(=O)(=O)c1cccnc1-c1nnc(-c2ccc(C)cn2)s1. The molecule has 0 atom stereocenters. The van der Waals surface area contributed by atoms with Gasteiger partial charge < -0.3 is 0 Å². The predicted molar refractivity (Wildman–Crippen MR) is 88.8 cm³/mol. The Morgan fingerprint density at radius 2 is 1.87 bits per heavy atom. The second-order valence-electron chi connectivity index (χ2n) is 4.89. The first kappa shape index (κ1) is 15.7. The molecular weight excluding hydrogens is 332 g/mol. The third-order valence-corrected chi connectivity index (χ3v) is 5.96. The molecule has 8 heteroatoms. The molecule has 6 nitrogen and oxygen atoms in total. The van der Waals surface area contributed by atoms with Gasteiger partial charge in [0.15, 0.2) is 19.9 Å². The number of aromatic nitrogens is 4. The van der Waals surface area contributed by atoms with E-state index in [1.807, 2.05) is 19.1 Å². The normalized spacial score (nSPS) is 11.6. The van der Waals surface area contributed by atoms with Crippen LogP contribution in [0.4, 0.5) is 0 Å². The van der Waals surface area contributed by atoms with Crippen LogP contribution in [-0.4, -0.2) is 34.3 Å². The molecule has 0 fully saturated rings. The van der Waals surface area contributed by atoms with Crippen LogP contribution in [0.5, 0.6) is 0 Å². The third-order valence-electron chi connectivity index (χ3n) is 3.24.